The number of amidine groups is 1. The van der Waals surface area contributed by atoms with Crippen molar-refractivity contribution < 1.29 is 0 Å². The first-order chi connectivity index (χ1) is 7.74. The highest BCUT2D eigenvalue weighted by Crippen LogP contribution is 2.36. The van der Waals surface area contributed by atoms with Crippen LogP contribution in [0.3, 0.4) is 0 Å². The second kappa shape index (κ2) is 5.44. The molecule has 1 saturated heterocycles. The molecule has 1 spiro atoms. The summed E-state index contributed by atoms with van der Waals surface area (Å²) in [5, 5.41) is 4.91. The van der Waals surface area contributed by atoms with Crippen LogP contribution in [0.25, 0.3) is 0 Å². The lowest BCUT2D eigenvalue weighted by molar-refractivity contribution is 0.303. The normalized spacial score (nSPS) is 28.2. The van der Waals surface area contributed by atoms with Crippen molar-refractivity contribution in [3.63, 3.8) is 0 Å². The molecule has 2 aliphatic rings. The minimum atomic E-state index is 0.414. The average Bonchev–Trinajstić information content (AvgIpc) is 2.70. The Bertz CT molecular complexity index is 257. The molecule has 1 N–H and O–H groups in total. The first kappa shape index (κ1) is 12.3. The van der Waals surface area contributed by atoms with Gasteiger partial charge in [0, 0.05) is 17.8 Å². The number of hydrogen-bond acceptors (Lipinski definition) is 2. The van der Waals surface area contributed by atoms with E-state index in [1.54, 1.807) is 0 Å². The summed E-state index contributed by atoms with van der Waals surface area (Å²) in [6, 6.07) is 0. The summed E-state index contributed by atoms with van der Waals surface area (Å²) in [5.74, 6) is 1.96. The molecule has 3 heteroatoms. The molecule has 1 aliphatic carbocycles. The van der Waals surface area contributed by atoms with Crippen LogP contribution >= 0.6 is 11.8 Å². The van der Waals surface area contributed by atoms with E-state index in [-0.39, 0.29) is 0 Å². The molecule has 0 radical (unpaired) electrons. The van der Waals surface area contributed by atoms with Crippen LogP contribution in [0.5, 0.6) is 0 Å². The maximum absolute atomic E-state index is 4.71. The van der Waals surface area contributed by atoms with Crippen molar-refractivity contribution in [2.24, 2.45) is 10.9 Å². The summed E-state index contributed by atoms with van der Waals surface area (Å²) >= 11 is 1.94. The average molecular weight is 240 g/mol. The number of nitrogens with one attached hydrogen (secondary N) is 1. The molecule has 1 aliphatic heterocycles. The molecule has 1 unspecified atom stereocenters. The van der Waals surface area contributed by atoms with Gasteiger partial charge in [0.2, 0.25) is 0 Å². The van der Waals surface area contributed by atoms with Crippen molar-refractivity contribution in [1.82, 2.24) is 5.32 Å². The standard InChI is InChI=1S/C13H24N2S/c1-3-11(2)9-14-12-15-13(10-16-12)7-5-4-6-8-13/h11H,3-10H2,1-2H3,(H,14,15). The van der Waals surface area contributed by atoms with Crippen LogP contribution in [-0.2, 0) is 0 Å². The van der Waals surface area contributed by atoms with Crippen LogP contribution < -0.4 is 5.32 Å². The Morgan fingerprint density at radius 3 is 2.81 bits per heavy atom. The number of rotatable bonds is 3. The fraction of sp³-hybridized carbons (Fsp3) is 0.923. The highest BCUT2D eigenvalue weighted by Gasteiger charge is 2.37. The third kappa shape index (κ3) is 2.93. The van der Waals surface area contributed by atoms with Crippen LogP contribution in [0.4, 0.5) is 0 Å². The van der Waals surface area contributed by atoms with E-state index in [0.717, 1.165) is 12.5 Å². The Kier molecular flexibility index (Phi) is 4.17. The van der Waals surface area contributed by atoms with Gasteiger partial charge in [-0.2, -0.15) is 0 Å². The molecule has 0 aromatic carbocycles. The lowest BCUT2D eigenvalue weighted by Gasteiger charge is -2.32. The molecule has 0 bridgehead atoms. The molecular weight excluding hydrogens is 216 g/mol. The van der Waals surface area contributed by atoms with Crippen LogP contribution in [0.1, 0.15) is 52.4 Å². The quantitative estimate of drug-likeness (QED) is 0.817. The van der Waals surface area contributed by atoms with Gasteiger partial charge in [-0.25, -0.2) is 0 Å². The van der Waals surface area contributed by atoms with Crippen molar-refractivity contribution >= 4 is 16.9 Å². The second-order valence-corrected chi connectivity index (χ2v) is 6.38. The van der Waals surface area contributed by atoms with Gasteiger partial charge in [-0.05, 0) is 18.8 Å². The summed E-state index contributed by atoms with van der Waals surface area (Å²) in [5.41, 5.74) is 0.414. The van der Waals surface area contributed by atoms with Gasteiger partial charge in [-0.3, -0.25) is 4.99 Å². The van der Waals surface area contributed by atoms with Crippen LogP contribution in [-0.4, -0.2) is 23.0 Å². The van der Waals surface area contributed by atoms with Gasteiger partial charge in [0.1, 0.15) is 0 Å². The van der Waals surface area contributed by atoms with E-state index >= 15 is 0 Å². The maximum Gasteiger partial charge on any atom is 0.157 e. The molecule has 0 amide bonds. The smallest absolute Gasteiger partial charge is 0.157 e. The highest BCUT2D eigenvalue weighted by atomic mass is 32.2. The van der Waals surface area contributed by atoms with Gasteiger partial charge >= 0.3 is 0 Å². The van der Waals surface area contributed by atoms with Crippen LogP contribution in [0, 0.1) is 5.92 Å². The topological polar surface area (TPSA) is 24.4 Å². The Hall–Kier alpha value is -0.180. The first-order valence-electron chi connectivity index (χ1n) is 6.69. The van der Waals surface area contributed by atoms with E-state index in [9.17, 15) is 0 Å². The lowest BCUT2D eigenvalue weighted by Crippen LogP contribution is -2.45. The van der Waals surface area contributed by atoms with Crippen molar-refractivity contribution in [2.75, 3.05) is 12.3 Å². The predicted octanol–water partition coefficient (Wildman–Crippen LogP) is 3.43. The zero-order chi connectivity index (χ0) is 11.4. The molecule has 1 saturated carbocycles. The molecule has 0 aromatic heterocycles. The number of nitrogens with zero attached hydrogens (tertiary/aromatic N) is 1. The van der Waals surface area contributed by atoms with Gasteiger partial charge in [0.05, 0.1) is 0 Å². The number of hydrogen-bond donors (Lipinski definition) is 1. The maximum atomic E-state index is 4.71. The van der Waals surface area contributed by atoms with E-state index in [2.05, 4.69) is 19.2 Å². The molecular formula is C13H24N2S. The van der Waals surface area contributed by atoms with Gasteiger partial charge < -0.3 is 5.32 Å². The van der Waals surface area contributed by atoms with Crippen molar-refractivity contribution in [3.05, 3.63) is 0 Å². The molecule has 1 atom stereocenters. The van der Waals surface area contributed by atoms with Gasteiger partial charge in [0.15, 0.2) is 5.17 Å². The highest BCUT2D eigenvalue weighted by molar-refractivity contribution is 8.14. The van der Waals surface area contributed by atoms with E-state index in [1.165, 1.54) is 49.4 Å². The van der Waals surface area contributed by atoms with E-state index in [1.807, 2.05) is 11.8 Å². The third-order valence-electron chi connectivity index (χ3n) is 3.91. The van der Waals surface area contributed by atoms with Gasteiger partial charge in [-0.1, -0.05) is 51.3 Å². The van der Waals surface area contributed by atoms with Crippen molar-refractivity contribution in [3.8, 4) is 0 Å². The Labute approximate surface area is 104 Å². The van der Waals surface area contributed by atoms with Crippen molar-refractivity contribution in [1.29, 1.82) is 0 Å². The molecule has 0 aromatic rings. The largest absolute Gasteiger partial charge is 0.359 e. The zero-order valence-electron chi connectivity index (χ0n) is 10.6. The predicted molar refractivity (Wildman–Crippen MR) is 73.2 cm³/mol. The minimum absolute atomic E-state index is 0.414. The SMILES string of the molecule is CCC(C)CN=C1NC2(CCCCC2)CS1. The summed E-state index contributed by atoms with van der Waals surface area (Å²) in [7, 11) is 0. The molecule has 2 fully saturated rings. The first-order valence-corrected chi connectivity index (χ1v) is 7.68. The van der Waals surface area contributed by atoms with Crippen LogP contribution in [0.2, 0.25) is 0 Å². The van der Waals surface area contributed by atoms with Crippen molar-refractivity contribution in [2.45, 2.75) is 57.9 Å². The van der Waals surface area contributed by atoms with Gasteiger partial charge in [-0.15, -0.1) is 0 Å². The summed E-state index contributed by atoms with van der Waals surface area (Å²) in [6.07, 6.45) is 8.14. The lowest BCUT2D eigenvalue weighted by atomic mass is 9.83. The Morgan fingerprint density at radius 1 is 1.38 bits per heavy atom. The summed E-state index contributed by atoms with van der Waals surface area (Å²) < 4.78 is 0. The van der Waals surface area contributed by atoms with E-state index in [4.69, 9.17) is 4.99 Å². The number of thioether (sulfide) groups is 1. The third-order valence-corrected chi connectivity index (χ3v) is 5.11. The Morgan fingerprint density at radius 2 is 2.12 bits per heavy atom. The zero-order valence-corrected chi connectivity index (χ0v) is 11.4. The fourth-order valence-electron chi connectivity index (χ4n) is 2.46. The Balaban J connectivity index is 1.86. The van der Waals surface area contributed by atoms with E-state index in [0.29, 0.717) is 5.54 Å². The van der Waals surface area contributed by atoms with E-state index < -0.39 is 0 Å². The monoisotopic (exact) mass is 240 g/mol. The molecule has 2 rings (SSSR count). The fourth-order valence-corrected chi connectivity index (χ4v) is 3.68. The second-order valence-electron chi connectivity index (χ2n) is 5.41. The van der Waals surface area contributed by atoms with Crippen LogP contribution in [0.15, 0.2) is 4.99 Å². The molecule has 2 nitrogen and oxygen atoms in total. The molecule has 1 heterocycles. The molecule has 92 valence electrons. The molecule has 16 heavy (non-hydrogen) atoms. The summed E-state index contributed by atoms with van der Waals surface area (Å²) in [4.78, 5) is 4.71. The number of aliphatic imine (C=N–C) groups is 1. The van der Waals surface area contributed by atoms with Gasteiger partial charge in [0.25, 0.3) is 0 Å². The summed E-state index contributed by atoms with van der Waals surface area (Å²) in [6.45, 7) is 5.50. The minimum Gasteiger partial charge on any atom is -0.359 e.